The Labute approximate surface area is 104 Å². The lowest BCUT2D eigenvalue weighted by atomic mass is 10.1. The van der Waals surface area contributed by atoms with Gasteiger partial charge in [-0.15, -0.1) is 0 Å². The Morgan fingerprint density at radius 3 is 2.50 bits per heavy atom. The molecule has 0 atom stereocenters. The molecule has 0 aliphatic heterocycles. The van der Waals surface area contributed by atoms with Gasteiger partial charge in [-0.3, -0.25) is 14.9 Å². The van der Waals surface area contributed by atoms with E-state index in [4.69, 9.17) is 0 Å². The molecule has 0 spiro atoms. The number of hydrogen-bond donors (Lipinski definition) is 0. The molecule has 0 saturated heterocycles. The van der Waals surface area contributed by atoms with Gasteiger partial charge in [-0.05, 0) is 24.8 Å². The molecule has 18 heavy (non-hydrogen) atoms. The summed E-state index contributed by atoms with van der Waals surface area (Å²) in [5, 5.41) is 10.7. The van der Waals surface area contributed by atoms with Crippen molar-refractivity contribution in [1.82, 2.24) is 0 Å². The summed E-state index contributed by atoms with van der Waals surface area (Å²) < 4.78 is 36.9. The lowest BCUT2D eigenvalue weighted by Gasteiger charge is -2.10. The molecule has 8 heteroatoms. The molecule has 0 amide bonds. The molecule has 1 aromatic carbocycles. The van der Waals surface area contributed by atoms with Crippen LogP contribution in [0.5, 0.6) is 0 Å². The van der Waals surface area contributed by atoms with Crippen LogP contribution < -0.4 is 0 Å². The number of halogens is 3. The summed E-state index contributed by atoms with van der Waals surface area (Å²) in [6.07, 6.45) is -0.393. The number of carbonyl (C=O) groups is 1. The highest BCUT2D eigenvalue weighted by molar-refractivity contribution is 8.00. The lowest BCUT2D eigenvalue weighted by molar-refractivity contribution is -0.385. The van der Waals surface area contributed by atoms with Crippen molar-refractivity contribution in [2.24, 2.45) is 0 Å². The van der Waals surface area contributed by atoms with E-state index in [0.717, 1.165) is 18.2 Å². The molecular weight excluding hydrogens is 271 g/mol. The van der Waals surface area contributed by atoms with E-state index in [-0.39, 0.29) is 10.5 Å². The smallest absolute Gasteiger partial charge is 0.300 e. The molecule has 0 fully saturated rings. The Hall–Kier alpha value is -1.57. The summed E-state index contributed by atoms with van der Waals surface area (Å²) in [5.74, 6) is -0.437. The molecule has 4 nitrogen and oxygen atoms in total. The summed E-state index contributed by atoms with van der Waals surface area (Å²) in [7, 11) is 0. The van der Waals surface area contributed by atoms with Gasteiger partial charge in [0.2, 0.25) is 0 Å². The number of nitro groups is 1. The summed E-state index contributed by atoms with van der Waals surface area (Å²) in [6.45, 7) is 1.17. The Morgan fingerprint density at radius 1 is 1.44 bits per heavy atom. The second kappa shape index (κ2) is 5.38. The Morgan fingerprint density at radius 2 is 2.06 bits per heavy atom. The summed E-state index contributed by atoms with van der Waals surface area (Å²) in [6, 6.07) is 3.36. The Balaban J connectivity index is 3.28. The second-order valence-corrected chi connectivity index (χ2v) is 4.54. The number of carbonyl (C=O) groups excluding carboxylic acids is 1. The van der Waals surface area contributed by atoms with Gasteiger partial charge in [0, 0.05) is 17.4 Å². The summed E-state index contributed by atoms with van der Waals surface area (Å²) in [5.41, 5.74) is -5.22. The number of benzene rings is 1. The van der Waals surface area contributed by atoms with E-state index in [0.29, 0.717) is 0 Å². The number of hydrogen-bond acceptors (Lipinski definition) is 4. The first kappa shape index (κ1) is 14.5. The van der Waals surface area contributed by atoms with Gasteiger partial charge >= 0.3 is 5.51 Å². The van der Waals surface area contributed by atoms with Crippen molar-refractivity contribution in [2.75, 3.05) is 0 Å². The van der Waals surface area contributed by atoms with E-state index in [1.54, 1.807) is 0 Å². The summed E-state index contributed by atoms with van der Waals surface area (Å²) >= 11 is -0.456. The monoisotopic (exact) mass is 279 g/mol. The predicted octanol–water partition coefficient (Wildman–Crippen LogP) is 3.34. The van der Waals surface area contributed by atoms with Crippen molar-refractivity contribution >= 4 is 23.2 Å². The van der Waals surface area contributed by atoms with Crippen LogP contribution in [0, 0.1) is 10.1 Å². The zero-order chi connectivity index (χ0) is 13.9. The molecule has 1 aromatic rings. The number of Topliss-reactive ketones (excluding diaryl/α,β-unsaturated/α-hetero) is 1. The fourth-order valence-corrected chi connectivity index (χ4v) is 2.07. The highest BCUT2D eigenvalue weighted by Gasteiger charge is 2.32. The van der Waals surface area contributed by atoms with Gasteiger partial charge in [-0.1, -0.05) is 6.07 Å². The van der Waals surface area contributed by atoms with Crippen LogP contribution in [0.2, 0.25) is 0 Å². The number of rotatable bonds is 4. The quantitative estimate of drug-likeness (QED) is 0.482. The van der Waals surface area contributed by atoms with E-state index in [1.807, 2.05) is 0 Å². The van der Waals surface area contributed by atoms with Crippen molar-refractivity contribution in [3.63, 3.8) is 0 Å². The highest BCUT2D eigenvalue weighted by Crippen LogP contribution is 2.40. The third-order valence-corrected chi connectivity index (χ3v) is 2.79. The van der Waals surface area contributed by atoms with Gasteiger partial charge in [0.15, 0.2) is 0 Å². The van der Waals surface area contributed by atoms with Crippen molar-refractivity contribution < 1.29 is 22.9 Å². The molecule has 0 radical (unpaired) electrons. The maximum Gasteiger partial charge on any atom is 0.446 e. The maximum atomic E-state index is 12.3. The summed E-state index contributed by atoms with van der Waals surface area (Å²) in [4.78, 5) is 20.6. The van der Waals surface area contributed by atoms with Crippen LogP contribution in [0.15, 0.2) is 23.1 Å². The number of ketones is 1. The van der Waals surface area contributed by atoms with Crippen LogP contribution >= 0.6 is 11.8 Å². The molecule has 0 heterocycles. The largest absolute Gasteiger partial charge is 0.446 e. The van der Waals surface area contributed by atoms with Crippen molar-refractivity contribution in [3.8, 4) is 0 Å². The van der Waals surface area contributed by atoms with Crippen LogP contribution in [-0.2, 0) is 11.2 Å². The topological polar surface area (TPSA) is 60.2 Å². The maximum absolute atomic E-state index is 12.3. The van der Waals surface area contributed by atoms with Crippen LogP contribution in [0.25, 0.3) is 0 Å². The highest BCUT2D eigenvalue weighted by atomic mass is 32.2. The fourth-order valence-electron chi connectivity index (χ4n) is 1.37. The minimum atomic E-state index is -4.55. The van der Waals surface area contributed by atoms with Crippen molar-refractivity contribution in [1.29, 1.82) is 0 Å². The minimum absolute atomic E-state index is 0.197. The van der Waals surface area contributed by atoms with Crippen LogP contribution in [0.4, 0.5) is 18.9 Å². The van der Waals surface area contributed by atoms with Crippen LogP contribution in [0.1, 0.15) is 12.5 Å². The average Bonchev–Trinajstić information content (AvgIpc) is 2.17. The Kier molecular flexibility index (Phi) is 4.33. The molecule has 0 unspecified atom stereocenters. The third kappa shape index (κ3) is 4.02. The zero-order valence-corrected chi connectivity index (χ0v) is 9.97. The molecule has 0 aromatic heterocycles. The van der Waals surface area contributed by atoms with E-state index in [2.05, 4.69) is 0 Å². The van der Waals surface area contributed by atoms with Crippen LogP contribution in [-0.4, -0.2) is 16.2 Å². The average molecular weight is 279 g/mol. The van der Waals surface area contributed by atoms with Gasteiger partial charge < -0.3 is 0 Å². The Bertz CT molecular complexity index is 488. The number of thioether (sulfide) groups is 1. The SMILES string of the molecule is CC(=O)Cc1c(SC(F)(F)F)cccc1[N+](=O)[O-]. The molecule has 0 bridgehead atoms. The number of alkyl halides is 3. The third-order valence-electron chi connectivity index (χ3n) is 1.96. The minimum Gasteiger partial charge on any atom is -0.300 e. The predicted molar refractivity (Wildman–Crippen MR) is 59.4 cm³/mol. The second-order valence-electron chi connectivity index (χ2n) is 3.44. The van der Waals surface area contributed by atoms with E-state index in [1.165, 1.54) is 6.92 Å². The molecule has 0 saturated carbocycles. The normalized spacial score (nSPS) is 11.3. The van der Waals surface area contributed by atoms with Crippen LogP contribution in [0.3, 0.4) is 0 Å². The first-order chi connectivity index (χ1) is 8.20. The van der Waals surface area contributed by atoms with E-state index < -0.39 is 40.1 Å². The molecule has 0 aliphatic rings. The molecule has 0 aliphatic carbocycles. The van der Waals surface area contributed by atoms with Gasteiger partial charge in [-0.25, -0.2) is 0 Å². The van der Waals surface area contributed by atoms with Gasteiger partial charge in [0.05, 0.1) is 10.5 Å². The molecule has 0 N–H and O–H groups in total. The van der Waals surface area contributed by atoms with Crippen molar-refractivity contribution in [3.05, 3.63) is 33.9 Å². The van der Waals surface area contributed by atoms with E-state index >= 15 is 0 Å². The fraction of sp³-hybridized carbons (Fsp3) is 0.300. The number of nitro benzene ring substituents is 1. The molecule has 1 rings (SSSR count). The van der Waals surface area contributed by atoms with Gasteiger partial charge in [0.1, 0.15) is 5.78 Å². The first-order valence-electron chi connectivity index (χ1n) is 4.72. The number of nitrogens with zero attached hydrogens (tertiary/aromatic N) is 1. The molecule has 98 valence electrons. The van der Waals surface area contributed by atoms with Gasteiger partial charge in [0.25, 0.3) is 5.69 Å². The van der Waals surface area contributed by atoms with Crippen molar-refractivity contribution in [2.45, 2.75) is 23.7 Å². The first-order valence-corrected chi connectivity index (χ1v) is 5.54. The standard InChI is InChI=1S/C10H8F3NO3S/c1-6(15)5-7-8(14(16)17)3-2-4-9(7)18-10(11,12)13/h2-4H,5H2,1H3. The van der Waals surface area contributed by atoms with Gasteiger partial charge in [-0.2, -0.15) is 13.2 Å². The lowest BCUT2D eigenvalue weighted by Crippen LogP contribution is -2.06. The van der Waals surface area contributed by atoms with E-state index in [9.17, 15) is 28.1 Å². The molecular formula is C10H8F3NO3S. The zero-order valence-electron chi connectivity index (χ0n) is 9.15.